The van der Waals surface area contributed by atoms with Crippen LogP contribution in [0.1, 0.15) is 20.8 Å². The summed E-state index contributed by atoms with van der Waals surface area (Å²) >= 11 is 1.58. The standard InChI is InChI=1S/C15H16N2O3S/c1-16-14(18)12-6-4-11(5-7-12)10-20-15(19)17-9-13-3-2-8-21-13/h2-8H,9-10H2,1H3,(H,16,18)(H,17,19). The molecule has 2 amide bonds. The van der Waals surface area contributed by atoms with E-state index in [1.54, 1.807) is 42.6 Å². The van der Waals surface area contributed by atoms with Crippen LogP contribution in [-0.2, 0) is 17.9 Å². The Balaban J connectivity index is 1.77. The molecule has 0 unspecified atom stereocenters. The van der Waals surface area contributed by atoms with Gasteiger partial charge in [-0.15, -0.1) is 11.3 Å². The second-order valence-corrected chi connectivity index (χ2v) is 5.32. The van der Waals surface area contributed by atoms with E-state index >= 15 is 0 Å². The van der Waals surface area contributed by atoms with Gasteiger partial charge in [-0.05, 0) is 29.1 Å². The van der Waals surface area contributed by atoms with E-state index in [1.807, 2.05) is 17.5 Å². The molecular formula is C15H16N2O3S. The quantitative estimate of drug-likeness (QED) is 0.892. The van der Waals surface area contributed by atoms with Gasteiger partial charge in [-0.25, -0.2) is 4.79 Å². The molecule has 2 rings (SSSR count). The fraction of sp³-hybridized carbons (Fsp3) is 0.200. The molecule has 0 aliphatic rings. The molecule has 1 heterocycles. The molecule has 21 heavy (non-hydrogen) atoms. The van der Waals surface area contributed by atoms with Crippen molar-refractivity contribution in [3.63, 3.8) is 0 Å². The Kier molecular flexibility index (Phi) is 5.34. The fourth-order valence-corrected chi connectivity index (χ4v) is 2.31. The smallest absolute Gasteiger partial charge is 0.407 e. The molecule has 110 valence electrons. The monoisotopic (exact) mass is 304 g/mol. The maximum atomic E-state index is 11.5. The third kappa shape index (κ3) is 4.61. The van der Waals surface area contributed by atoms with Crippen LogP contribution >= 0.6 is 11.3 Å². The largest absolute Gasteiger partial charge is 0.445 e. The van der Waals surface area contributed by atoms with Gasteiger partial charge < -0.3 is 15.4 Å². The summed E-state index contributed by atoms with van der Waals surface area (Å²) in [6, 6.07) is 10.8. The number of carbonyl (C=O) groups is 2. The van der Waals surface area contributed by atoms with Crippen LogP contribution in [0.5, 0.6) is 0 Å². The Labute approximate surface area is 126 Å². The molecule has 0 aliphatic carbocycles. The number of amides is 2. The third-order valence-electron chi connectivity index (χ3n) is 2.80. The summed E-state index contributed by atoms with van der Waals surface area (Å²) in [7, 11) is 1.58. The lowest BCUT2D eigenvalue weighted by Gasteiger charge is -2.07. The molecule has 0 bridgehead atoms. The van der Waals surface area contributed by atoms with E-state index < -0.39 is 6.09 Å². The van der Waals surface area contributed by atoms with Gasteiger partial charge in [0.25, 0.3) is 5.91 Å². The molecule has 6 heteroatoms. The first-order valence-corrected chi connectivity index (χ1v) is 7.31. The highest BCUT2D eigenvalue weighted by Crippen LogP contribution is 2.08. The van der Waals surface area contributed by atoms with Crippen LogP contribution < -0.4 is 10.6 Å². The highest BCUT2D eigenvalue weighted by molar-refractivity contribution is 7.09. The van der Waals surface area contributed by atoms with Crippen LogP contribution in [0.2, 0.25) is 0 Å². The van der Waals surface area contributed by atoms with Gasteiger partial charge in [0.1, 0.15) is 6.61 Å². The van der Waals surface area contributed by atoms with Crippen molar-refractivity contribution in [1.82, 2.24) is 10.6 Å². The maximum Gasteiger partial charge on any atom is 0.407 e. The van der Waals surface area contributed by atoms with Crippen LogP contribution in [0, 0.1) is 0 Å². The van der Waals surface area contributed by atoms with Crippen molar-refractivity contribution >= 4 is 23.3 Å². The molecule has 2 N–H and O–H groups in total. The minimum absolute atomic E-state index is 0.142. The Bertz CT molecular complexity index is 594. The van der Waals surface area contributed by atoms with Crippen molar-refractivity contribution in [2.24, 2.45) is 0 Å². The predicted octanol–water partition coefficient (Wildman–Crippen LogP) is 2.53. The van der Waals surface area contributed by atoms with Crippen molar-refractivity contribution in [2.75, 3.05) is 7.05 Å². The second kappa shape index (κ2) is 7.44. The normalized spacial score (nSPS) is 9.95. The molecule has 0 radical (unpaired) electrons. The molecule has 0 spiro atoms. The molecule has 0 saturated carbocycles. The molecule has 5 nitrogen and oxygen atoms in total. The van der Waals surface area contributed by atoms with Crippen LogP contribution in [-0.4, -0.2) is 19.0 Å². The molecule has 1 aromatic carbocycles. The van der Waals surface area contributed by atoms with Gasteiger partial charge in [0.2, 0.25) is 0 Å². The van der Waals surface area contributed by atoms with Crippen molar-refractivity contribution in [2.45, 2.75) is 13.2 Å². The number of rotatable bonds is 5. The first kappa shape index (κ1) is 15.1. The van der Waals surface area contributed by atoms with Crippen molar-refractivity contribution in [1.29, 1.82) is 0 Å². The molecule has 1 aromatic heterocycles. The average Bonchev–Trinajstić information content (AvgIpc) is 3.04. The summed E-state index contributed by atoms with van der Waals surface area (Å²) in [5.41, 5.74) is 1.40. The Morgan fingerprint density at radius 2 is 1.95 bits per heavy atom. The number of carbonyl (C=O) groups excluding carboxylic acids is 2. The molecule has 2 aromatic rings. The maximum absolute atomic E-state index is 11.5. The SMILES string of the molecule is CNC(=O)c1ccc(COC(=O)NCc2cccs2)cc1. The van der Waals surface area contributed by atoms with Crippen LogP contribution in [0.3, 0.4) is 0 Å². The van der Waals surface area contributed by atoms with Gasteiger partial charge in [-0.2, -0.15) is 0 Å². The van der Waals surface area contributed by atoms with E-state index in [0.717, 1.165) is 10.4 Å². The summed E-state index contributed by atoms with van der Waals surface area (Å²) < 4.78 is 5.11. The average molecular weight is 304 g/mol. The van der Waals surface area contributed by atoms with E-state index in [0.29, 0.717) is 12.1 Å². The van der Waals surface area contributed by atoms with Gasteiger partial charge in [0.15, 0.2) is 0 Å². The van der Waals surface area contributed by atoms with Gasteiger partial charge in [0, 0.05) is 17.5 Å². The zero-order valence-corrected chi connectivity index (χ0v) is 12.4. The minimum atomic E-state index is -0.459. The minimum Gasteiger partial charge on any atom is -0.445 e. The van der Waals surface area contributed by atoms with E-state index in [2.05, 4.69) is 10.6 Å². The summed E-state index contributed by atoms with van der Waals surface area (Å²) in [5.74, 6) is -0.142. The number of hydrogen-bond donors (Lipinski definition) is 2. The molecule has 0 atom stereocenters. The van der Waals surface area contributed by atoms with Crippen molar-refractivity contribution in [3.8, 4) is 0 Å². The third-order valence-corrected chi connectivity index (χ3v) is 3.68. The number of alkyl carbamates (subject to hydrolysis) is 1. The van der Waals surface area contributed by atoms with Gasteiger partial charge in [0.05, 0.1) is 6.54 Å². The summed E-state index contributed by atoms with van der Waals surface area (Å²) in [6.07, 6.45) is -0.459. The molecule has 0 saturated heterocycles. The lowest BCUT2D eigenvalue weighted by Crippen LogP contribution is -2.23. The Morgan fingerprint density at radius 1 is 1.19 bits per heavy atom. The summed E-state index contributed by atoms with van der Waals surface area (Å²) in [4.78, 5) is 24.0. The first-order valence-electron chi connectivity index (χ1n) is 6.43. The Hall–Kier alpha value is -2.34. The van der Waals surface area contributed by atoms with Crippen molar-refractivity contribution in [3.05, 3.63) is 57.8 Å². The lowest BCUT2D eigenvalue weighted by atomic mass is 10.1. The van der Waals surface area contributed by atoms with Crippen LogP contribution in [0.15, 0.2) is 41.8 Å². The highest BCUT2D eigenvalue weighted by Gasteiger charge is 2.05. The Morgan fingerprint density at radius 3 is 2.57 bits per heavy atom. The number of hydrogen-bond acceptors (Lipinski definition) is 4. The zero-order chi connectivity index (χ0) is 15.1. The second-order valence-electron chi connectivity index (χ2n) is 4.29. The fourth-order valence-electron chi connectivity index (χ4n) is 1.67. The van der Waals surface area contributed by atoms with E-state index in [4.69, 9.17) is 4.74 Å². The zero-order valence-electron chi connectivity index (χ0n) is 11.6. The molecule has 0 aliphatic heterocycles. The van der Waals surface area contributed by atoms with Gasteiger partial charge in [-0.3, -0.25) is 4.79 Å². The van der Waals surface area contributed by atoms with Crippen LogP contribution in [0.4, 0.5) is 4.79 Å². The predicted molar refractivity (Wildman–Crippen MR) is 81.2 cm³/mol. The van der Waals surface area contributed by atoms with Crippen LogP contribution in [0.25, 0.3) is 0 Å². The van der Waals surface area contributed by atoms with E-state index in [9.17, 15) is 9.59 Å². The highest BCUT2D eigenvalue weighted by atomic mass is 32.1. The molecule has 0 fully saturated rings. The number of nitrogens with one attached hydrogen (secondary N) is 2. The summed E-state index contributed by atoms with van der Waals surface area (Å²) in [5, 5.41) is 7.18. The summed E-state index contributed by atoms with van der Waals surface area (Å²) in [6.45, 7) is 0.635. The number of benzene rings is 1. The lowest BCUT2D eigenvalue weighted by molar-refractivity contribution is 0.0962. The van der Waals surface area contributed by atoms with E-state index in [1.165, 1.54) is 0 Å². The van der Waals surface area contributed by atoms with Gasteiger partial charge >= 0.3 is 6.09 Å². The topological polar surface area (TPSA) is 67.4 Å². The first-order chi connectivity index (χ1) is 10.2. The number of thiophene rings is 1. The van der Waals surface area contributed by atoms with E-state index in [-0.39, 0.29) is 12.5 Å². The molecular weight excluding hydrogens is 288 g/mol. The van der Waals surface area contributed by atoms with Crippen molar-refractivity contribution < 1.29 is 14.3 Å². The van der Waals surface area contributed by atoms with Gasteiger partial charge in [-0.1, -0.05) is 18.2 Å². The number of ether oxygens (including phenoxy) is 1.